The molecule has 1 unspecified atom stereocenters. The first-order chi connectivity index (χ1) is 15.2. The Morgan fingerprint density at radius 1 is 1.23 bits per heavy atom. The summed E-state index contributed by atoms with van der Waals surface area (Å²) in [5.74, 6) is 3.55. The zero-order chi connectivity index (χ0) is 21.9. The van der Waals surface area contributed by atoms with E-state index in [4.69, 9.17) is 14.1 Å². The Morgan fingerprint density at radius 2 is 2.03 bits per heavy atom. The SMILES string of the molecule is CCNC(=NCC(C(CC)CC)N1CCOCC1)NCCc1nc(-c2ccco2)n[nH]1. The van der Waals surface area contributed by atoms with Crippen LogP contribution in [0.1, 0.15) is 39.4 Å². The van der Waals surface area contributed by atoms with Gasteiger partial charge in [-0.25, -0.2) is 4.98 Å². The monoisotopic (exact) mass is 431 g/mol. The molecule has 3 heterocycles. The topological polar surface area (TPSA) is 104 Å². The van der Waals surface area contributed by atoms with Crippen LogP contribution in [0.3, 0.4) is 0 Å². The zero-order valence-electron chi connectivity index (χ0n) is 19.1. The van der Waals surface area contributed by atoms with Crippen molar-refractivity contribution in [1.29, 1.82) is 0 Å². The molecular weight excluding hydrogens is 394 g/mol. The number of furan rings is 1. The summed E-state index contributed by atoms with van der Waals surface area (Å²) in [5, 5.41) is 14.0. The van der Waals surface area contributed by atoms with Crippen molar-refractivity contribution in [2.45, 2.75) is 46.1 Å². The summed E-state index contributed by atoms with van der Waals surface area (Å²) in [5.41, 5.74) is 0. The van der Waals surface area contributed by atoms with Crippen LogP contribution in [0.2, 0.25) is 0 Å². The fourth-order valence-corrected chi connectivity index (χ4v) is 4.05. The molecule has 1 aliphatic heterocycles. The van der Waals surface area contributed by atoms with E-state index >= 15 is 0 Å². The second kappa shape index (κ2) is 12.5. The lowest BCUT2D eigenvalue weighted by Crippen LogP contribution is -2.49. The summed E-state index contributed by atoms with van der Waals surface area (Å²) in [4.78, 5) is 12.0. The van der Waals surface area contributed by atoms with Crippen LogP contribution in [-0.4, -0.2) is 78.0 Å². The zero-order valence-corrected chi connectivity index (χ0v) is 19.1. The van der Waals surface area contributed by atoms with Gasteiger partial charge < -0.3 is 19.8 Å². The Labute approximate surface area is 185 Å². The number of ether oxygens (including phenoxy) is 1. The van der Waals surface area contributed by atoms with E-state index in [1.54, 1.807) is 6.26 Å². The van der Waals surface area contributed by atoms with Crippen LogP contribution in [0, 0.1) is 5.92 Å². The molecule has 0 radical (unpaired) electrons. The van der Waals surface area contributed by atoms with Gasteiger partial charge in [-0.1, -0.05) is 26.7 Å². The number of hydrogen-bond donors (Lipinski definition) is 3. The number of morpholine rings is 1. The van der Waals surface area contributed by atoms with Gasteiger partial charge in [-0.2, -0.15) is 5.10 Å². The third-order valence-corrected chi connectivity index (χ3v) is 5.82. The number of H-pyrrole nitrogens is 1. The van der Waals surface area contributed by atoms with Gasteiger partial charge in [0.15, 0.2) is 11.7 Å². The number of hydrogen-bond acceptors (Lipinski definition) is 6. The molecule has 2 aromatic rings. The first kappa shape index (κ1) is 23.3. The van der Waals surface area contributed by atoms with Gasteiger partial charge in [-0.15, -0.1) is 0 Å². The van der Waals surface area contributed by atoms with Crippen molar-refractivity contribution in [3.8, 4) is 11.6 Å². The molecule has 3 N–H and O–H groups in total. The summed E-state index contributed by atoms with van der Waals surface area (Å²) in [6.45, 7) is 12.6. The number of aromatic nitrogens is 3. The quantitative estimate of drug-likeness (QED) is 0.370. The van der Waals surface area contributed by atoms with Crippen LogP contribution >= 0.6 is 0 Å². The lowest BCUT2D eigenvalue weighted by Gasteiger charge is -2.38. The molecule has 9 heteroatoms. The summed E-state index contributed by atoms with van der Waals surface area (Å²) >= 11 is 0. The average molecular weight is 432 g/mol. The van der Waals surface area contributed by atoms with Crippen molar-refractivity contribution >= 4 is 5.96 Å². The molecule has 9 nitrogen and oxygen atoms in total. The van der Waals surface area contributed by atoms with Crippen molar-refractivity contribution in [1.82, 2.24) is 30.7 Å². The second-order valence-corrected chi connectivity index (χ2v) is 7.77. The minimum atomic E-state index is 0.444. The van der Waals surface area contributed by atoms with E-state index in [-0.39, 0.29) is 0 Å². The van der Waals surface area contributed by atoms with Crippen LogP contribution in [-0.2, 0) is 11.2 Å². The fraction of sp³-hybridized carbons (Fsp3) is 0.682. The van der Waals surface area contributed by atoms with Crippen molar-refractivity contribution in [3.05, 3.63) is 24.2 Å². The highest BCUT2D eigenvalue weighted by molar-refractivity contribution is 5.79. The smallest absolute Gasteiger partial charge is 0.216 e. The number of aromatic amines is 1. The number of aliphatic imine (C=N–C) groups is 1. The van der Waals surface area contributed by atoms with E-state index in [0.717, 1.165) is 57.6 Å². The Bertz CT molecular complexity index is 765. The molecule has 0 spiro atoms. The molecule has 0 saturated carbocycles. The highest BCUT2D eigenvalue weighted by Gasteiger charge is 2.26. The molecule has 0 bridgehead atoms. The molecular formula is C22H37N7O2. The largest absolute Gasteiger partial charge is 0.461 e. The minimum Gasteiger partial charge on any atom is -0.461 e. The summed E-state index contributed by atoms with van der Waals surface area (Å²) in [6, 6.07) is 4.13. The third kappa shape index (κ3) is 6.80. The van der Waals surface area contributed by atoms with Crippen molar-refractivity contribution in [2.75, 3.05) is 45.9 Å². The molecule has 0 amide bonds. The van der Waals surface area contributed by atoms with E-state index in [9.17, 15) is 0 Å². The predicted molar refractivity (Wildman–Crippen MR) is 122 cm³/mol. The van der Waals surface area contributed by atoms with Crippen molar-refractivity contribution in [3.63, 3.8) is 0 Å². The van der Waals surface area contributed by atoms with E-state index in [1.165, 1.54) is 12.8 Å². The molecule has 0 aromatic carbocycles. The summed E-state index contributed by atoms with van der Waals surface area (Å²) < 4.78 is 10.9. The van der Waals surface area contributed by atoms with Gasteiger partial charge in [0.2, 0.25) is 5.82 Å². The van der Waals surface area contributed by atoms with Gasteiger partial charge >= 0.3 is 0 Å². The van der Waals surface area contributed by atoms with Crippen LogP contribution in [0.15, 0.2) is 27.8 Å². The average Bonchev–Trinajstić information content (AvgIpc) is 3.49. The maximum Gasteiger partial charge on any atom is 0.216 e. The van der Waals surface area contributed by atoms with Crippen LogP contribution in [0.25, 0.3) is 11.6 Å². The normalized spacial score (nSPS) is 16.6. The van der Waals surface area contributed by atoms with Gasteiger partial charge in [0, 0.05) is 38.6 Å². The molecule has 172 valence electrons. The third-order valence-electron chi connectivity index (χ3n) is 5.82. The highest BCUT2D eigenvalue weighted by Crippen LogP contribution is 2.20. The van der Waals surface area contributed by atoms with Gasteiger partial charge in [0.05, 0.1) is 26.0 Å². The van der Waals surface area contributed by atoms with E-state index in [0.29, 0.717) is 30.1 Å². The first-order valence-corrected chi connectivity index (χ1v) is 11.5. The Hall–Kier alpha value is -2.39. The second-order valence-electron chi connectivity index (χ2n) is 7.77. The minimum absolute atomic E-state index is 0.444. The molecule has 1 saturated heterocycles. The van der Waals surface area contributed by atoms with E-state index in [2.05, 4.69) is 51.5 Å². The lowest BCUT2D eigenvalue weighted by atomic mass is 9.92. The standard InChI is InChI=1S/C22H37N7O2/c1-4-17(5-2)18(29-11-14-30-15-12-29)16-25-22(23-6-3)24-10-9-20-26-21(28-27-20)19-8-7-13-31-19/h7-8,13,17-18H,4-6,9-12,14-16H2,1-3H3,(H2,23,24,25)(H,26,27,28). The molecule has 0 aliphatic carbocycles. The molecule has 1 fully saturated rings. The molecule has 31 heavy (non-hydrogen) atoms. The molecule has 2 aromatic heterocycles. The van der Waals surface area contributed by atoms with Crippen LogP contribution < -0.4 is 10.6 Å². The maximum absolute atomic E-state index is 5.56. The highest BCUT2D eigenvalue weighted by atomic mass is 16.5. The number of nitrogens with zero attached hydrogens (tertiary/aromatic N) is 4. The maximum atomic E-state index is 5.56. The van der Waals surface area contributed by atoms with Gasteiger partial charge in [-0.05, 0) is 25.0 Å². The molecule has 1 atom stereocenters. The van der Waals surface area contributed by atoms with Crippen LogP contribution in [0.4, 0.5) is 0 Å². The Balaban J connectivity index is 1.56. The van der Waals surface area contributed by atoms with Crippen molar-refractivity contribution in [2.24, 2.45) is 10.9 Å². The lowest BCUT2D eigenvalue weighted by molar-refractivity contribution is 0.00395. The summed E-state index contributed by atoms with van der Waals surface area (Å²) in [7, 11) is 0. The first-order valence-electron chi connectivity index (χ1n) is 11.5. The van der Waals surface area contributed by atoms with Gasteiger partial charge in [0.1, 0.15) is 5.82 Å². The summed E-state index contributed by atoms with van der Waals surface area (Å²) in [6.07, 6.45) is 4.68. The van der Waals surface area contributed by atoms with Gasteiger partial charge in [-0.3, -0.25) is 15.0 Å². The number of rotatable bonds is 11. The van der Waals surface area contributed by atoms with E-state index < -0.39 is 0 Å². The fourth-order valence-electron chi connectivity index (χ4n) is 4.05. The Morgan fingerprint density at radius 3 is 2.71 bits per heavy atom. The van der Waals surface area contributed by atoms with Crippen molar-refractivity contribution < 1.29 is 9.15 Å². The van der Waals surface area contributed by atoms with Crippen LogP contribution in [0.5, 0.6) is 0 Å². The predicted octanol–water partition coefficient (Wildman–Crippen LogP) is 2.30. The Kier molecular flexibility index (Phi) is 9.36. The molecule has 3 rings (SSSR count). The van der Waals surface area contributed by atoms with E-state index in [1.807, 2.05) is 12.1 Å². The molecule has 1 aliphatic rings. The van der Waals surface area contributed by atoms with Gasteiger partial charge in [0.25, 0.3) is 0 Å². The number of guanidine groups is 1. The number of nitrogens with one attached hydrogen (secondary N) is 3.